The lowest BCUT2D eigenvalue weighted by Crippen LogP contribution is -2.37. The van der Waals surface area contributed by atoms with Crippen LogP contribution >= 0.6 is 11.6 Å². The minimum Gasteiger partial charge on any atom is -0.349 e. The van der Waals surface area contributed by atoms with Gasteiger partial charge < -0.3 is 20.2 Å². The average molecular weight is 532 g/mol. The van der Waals surface area contributed by atoms with Crippen LogP contribution in [0.2, 0.25) is 5.02 Å². The molecule has 5 rings (SSSR count). The predicted molar refractivity (Wildman–Crippen MR) is 153 cm³/mol. The van der Waals surface area contributed by atoms with E-state index in [4.69, 9.17) is 11.6 Å². The topological polar surface area (TPSA) is 101 Å². The van der Waals surface area contributed by atoms with Crippen LogP contribution in [-0.2, 0) is 7.05 Å². The Morgan fingerprint density at radius 2 is 2.00 bits per heavy atom. The summed E-state index contributed by atoms with van der Waals surface area (Å²) in [5.41, 5.74) is 4.79. The van der Waals surface area contributed by atoms with Crippen LogP contribution in [-0.4, -0.2) is 36.5 Å². The Morgan fingerprint density at radius 1 is 1.18 bits per heavy atom. The van der Waals surface area contributed by atoms with E-state index < -0.39 is 0 Å². The number of fused-ring (bicyclic) bond motifs is 1. The number of nitrogens with one attached hydrogen (secondary N) is 3. The zero-order valence-corrected chi connectivity index (χ0v) is 22.7. The van der Waals surface area contributed by atoms with E-state index in [9.17, 15) is 4.79 Å². The molecule has 1 aromatic carbocycles. The SMILES string of the molecule is C=C(CC)CCC1CCC(NC(=O)c2cc3cc(Nc4nccc(-c5cn(C)cn5)n4)cc(Cl)c3[nH]2)CC1. The van der Waals surface area contributed by atoms with E-state index in [0.717, 1.165) is 72.4 Å². The molecule has 0 saturated heterocycles. The summed E-state index contributed by atoms with van der Waals surface area (Å²) in [4.78, 5) is 29.5. The normalized spacial score (nSPS) is 17.4. The number of aromatic amines is 1. The fourth-order valence-electron chi connectivity index (χ4n) is 5.07. The second-order valence-corrected chi connectivity index (χ2v) is 10.7. The molecule has 3 N–H and O–H groups in total. The molecule has 1 amide bonds. The summed E-state index contributed by atoms with van der Waals surface area (Å²) >= 11 is 6.58. The number of benzene rings is 1. The van der Waals surface area contributed by atoms with Crippen molar-refractivity contribution in [3.8, 4) is 11.4 Å². The van der Waals surface area contributed by atoms with Gasteiger partial charge in [0.05, 0.1) is 22.6 Å². The molecule has 1 saturated carbocycles. The Labute approximate surface area is 227 Å². The maximum absolute atomic E-state index is 13.0. The van der Waals surface area contributed by atoms with E-state index in [1.54, 1.807) is 18.6 Å². The first-order chi connectivity index (χ1) is 18.4. The monoisotopic (exact) mass is 531 g/mol. The van der Waals surface area contributed by atoms with Gasteiger partial charge in [0.25, 0.3) is 5.91 Å². The number of imidazole rings is 1. The third kappa shape index (κ3) is 6.07. The first-order valence-corrected chi connectivity index (χ1v) is 13.6. The molecule has 1 aliphatic rings. The van der Waals surface area contributed by atoms with Gasteiger partial charge in [-0.25, -0.2) is 15.0 Å². The van der Waals surface area contributed by atoms with E-state index in [1.165, 1.54) is 12.0 Å². The van der Waals surface area contributed by atoms with Gasteiger partial charge in [-0.3, -0.25) is 4.79 Å². The molecule has 1 fully saturated rings. The van der Waals surface area contributed by atoms with Crippen LogP contribution in [0.4, 0.5) is 11.6 Å². The first kappa shape index (κ1) is 26.0. The van der Waals surface area contributed by atoms with Crippen molar-refractivity contribution in [1.29, 1.82) is 0 Å². The van der Waals surface area contributed by atoms with Crippen molar-refractivity contribution in [2.45, 2.75) is 57.9 Å². The number of hydrogen-bond acceptors (Lipinski definition) is 5. The van der Waals surface area contributed by atoms with Crippen molar-refractivity contribution in [1.82, 2.24) is 29.8 Å². The minimum absolute atomic E-state index is 0.0963. The molecule has 1 aliphatic carbocycles. The maximum atomic E-state index is 13.0. The maximum Gasteiger partial charge on any atom is 0.267 e. The molecule has 0 spiro atoms. The Morgan fingerprint density at radius 3 is 2.74 bits per heavy atom. The van der Waals surface area contributed by atoms with Crippen LogP contribution in [0.1, 0.15) is 62.4 Å². The largest absolute Gasteiger partial charge is 0.349 e. The summed E-state index contributed by atoms with van der Waals surface area (Å²) in [5, 5.41) is 7.79. The van der Waals surface area contributed by atoms with Crippen LogP contribution in [0.5, 0.6) is 0 Å². The highest BCUT2D eigenvalue weighted by atomic mass is 35.5. The molecule has 198 valence electrons. The number of anilines is 2. The van der Waals surface area contributed by atoms with Crippen LogP contribution in [0.15, 0.2) is 55.1 Å². The van der Waals surface area contributed by atoms with E-state index in [2.05, 4.69) is 44.1 Å². The van der Waals surface area contributed by atoms with E-state index in [1.807, 2.05) is 36.0 Å². The molecule has 0 bridgehead atoms. The molecule has 4 aromatic rings. The highest BCUT2D eigenvalue weighted by molar-refractivity contribution is 6.35. The number of H-pyrrole nitrogens is 1. The number of aromatic nitrogens is 5. The van der Waals surface area contributed by atoms with E-state index in [-0.39, 0.29) is 11.9 Å². The Balaban J connectivity index is 1.23. The zero-order valence-electron chi connectivity index (χ0n) is 21.9. The molecule has 38 heavy (non-hydrogen) atoms. The van der Waals surface area contributed by atoms with Gasteiger partial charge in [-0.05, 0) is 75.1 Å². The summed E-state index contributed by atoms with van der Waals surface area (Å²) < 4.78 is 1.87. The number of nitrogens with zero attached hydrogens (tertiary/aromatic N) is 4. The molecule has 0 aliphatic heterocycles. The number of hydrogen-bond donors (Lipinski definition) is 3. The molecular formula is C29H34ClN7O. The Kier molecular flexibility index (Phi) is 7.79. The fourth-order valence-corrected chi connectivity index (χ4v) is 5.35. The number of carbonyl (C=O) groups is 1. The highest BCUT2D eigenvalue weighted by Crippen LogP contribution is 2.31. The molecular weight excluding hydrogens is 498 g/mol. The van der Waals surface area contributed by atoms with Crippen molar-refractivity contribution < 1.29 is 4.79 Å². The summed E-state index contributed by atoms with van der Waals surface area (Å²) in [6, 6.07) is 7.59. The third-order valence-corrected chi connectivity index (χ3v) is 7.69. The summed E-state index contributed by atoms with van der Waals surface area (Å²) in [7, 11) is 1.91. The molecule has 0 unspecified atom stereocenters. The predicted octanol–water partition coefficient (Wildman–Crippen LogP) is 6.79. The van der Waals surface area contributed by atoms with E-state index >= 15 is 0 Å². The number of amides is 1. The molecule has 8 nitrogen and oxygen atoms in total. The van der Waals surface area contributed by atoms with Gasteiger partial charge in [0.15, 0.2) is 0 Å². The lowest BCUT2D eigenvalue weighted by atomic mass is 9.82. The number of carbonyl (C=O) groups excluding carboxylic acids is 1. The van der Waals surface area contributed by atoms with Crippen molar-refractivity contribution in [2.75, 3.05) is 5.32 Å². The second-order valence-electron chi connectivity index (χ2n) is 10.3. The lowest BCUT2D eigenvalue weighted by Gasteiger charge is -2.29. The van der Waals surface area contributed by atoms with Crippen molar-refractivity contribution in [2.24, 2.45) is 13.0 Å². The van der Waals surface area contributed by atoms with Gasteiger partial charge in [-0.2, -0.15) is 0 Å². The average Bonchev–Trinajstić information content (AvgIpc) is 3.55. The Hall–Kier alpha value is -3.65. The summed E-state index contributed by atoms with van der Waals surface area (Å²) in [5.74, 6) is 1.07. The van der Waals surface area contributed by atoms with Gasteiger partial charge in [0.2, 0.25) is 5.95 Å². The first-order valence-electron chi connectivity index (χ1n) is 13.3. The van der Waals surface area contributed by atoms with Crippen LogP contribution < -0.4 is 10.6 Å². The smallest absolute Gasteiger partial charge is 0.267 e. The molecule has 3 heterocycles. The van der Waals surface area contributed by atoms with Crippen LogP contribution in [0.25, 0.3) is 22.3 Å². The van der Waals surface area contributed by atoms with E-state index in [0.29, 0.717) is 16.7 Å². The van der Waals surface area contributed by atoms with Crippen LogP contribution in [0, 0.1) is 5.92 Å². The van der Waals surface area contributed by atoms with Gasteiger partial charge in [-0.1, -0.05) is 30.7 Å². The summed E-state index contributed by atoms with van der Waals surface area (Å²) in [6.45, 7) is 6.30. The van der Waals surface area contributed by atoms with Gasteiger partial charge in [0.1, 0.15) is 11.4 Å². The molecule has 9 heteroatoms. The molecule has 0 atom stereocenters. The lowest BCUT2D eigenvalue weighted by molar-refractivity contribution is 0.0917. The number of aryl methyl sites for hydroxylation is 1. The van der Waals surface area contributed by atoms with Crippen molar-refractivity contribution in [3.05, 3.63) is 65.9 Å². The van der Waals surface area contributed by atoms with Crippen LogP contribution in [0.3, 0.4) is 0 Å². The Bertz CT molecular complexity index is 1450. The van der Waals surface area contributed by atoms with Gasteiger partial charge >= 0.3 is 0 Å². The van der Waals surface area contributed by atoms with Gasteiger partial charge in [-0.15, -0.1) is 0 Å². The zero-order chi connectivity index (χ0) is 26.6. The molecule has 3 aromatic heterocycles. The second kappa shape index (κ2) is 11.4. The minimum atomic E-state index is -0.0963. The standard InChI is InChI=1S/C29H34ClN7O/c1-4-18(2)5-6-19-7-9-21(10-8-19)33-28(38)25-14-20-13-22(15-23(30)27(20)35-25)34-29-31-12-11-24(36-29)26-16-37(3)17-32-26/h11-17,19,21,35H,2,4-10H2,1,3H3,(H,33,38)(H,31,34,36). The highest BCUT2D eigenvalue weighted by Gasteiger charge is 2.23. The summed E-state index contributed by atoms with van der Waals surface area (Å²) in [6.07, 6.45) is 13.0. The number of allylic oxidation sites excluding steroid dienone is 1. The third-order valence-electron chi connectivity index (χ3n) is 7.39. The number of rotatable bonds is 9. The van der Waals surface area contributed by atoms with Crippen molar-refractivity contribution in [3.63, 3.8) is 0 Å². The molecule has 0 radical (unpaired) electrons. The van der Waals surface area contributed by atoms with Gasteiger partial charge in [0, 0.05) is 36.6 Å². The number of halogens is 1. The fraction of sp³-hybridized carbons (Fsp3) is 0.379. The quantitative estimate of drug-likeness (QED) is 0.206. The van der Waals surface area contributed by atoms with Crippen molar-refractivity contribution >= 4 is 40.0 Å².